The van der Waals surface area contributed by atoms with Gasteiger partial charge in [-0.05, 0) is 48.7 Å². The van der Waals surface area contributed by atoms with Crippen LogP contribution in [0.15, 0.2) is 36.4 Å². The monoisotopic (exact) mass is 247 g/mol. The summed E-state index contributed by atoms with van der Waals surface area (Å²) in [6, 6.07) is 9.98. The highest BCUT2D eigenvalue weighted by atomic mass is 19.1. The number of benzene rings is 2. The molecule has 1 N–H and O–H groups in total. The maximum atomic E-state index is 13.3. The van der Waals surface area contributed by atoms with E-state index in [1.807, 2.05) is 6.07 Å². The maximum Gasteiger partial charge on any atom is 0.128 e. The van der Waals surface area contributed by atoms with Gasteiger partial charge in [-0.15, -0.1) is 0 Å². The van der Waals surface area contributed by atoms with Crippen molar-refractivity contribution in [3.8, 4) is 0 Å². The molecule has 1 nitrogen and oxygen atoms in total. The number of hydrogen-bond donors (Lipinski definition) is 1. The summed E-state index contributed by atoms with van der Waals surface area (Å²) in [6.07, 6.45) is 0. The molecule has 0 aliphatic heterocycles. The van der Waals surface area contributed by atoms with Crippen molar-refractivity contribution < 1.29 is 8.78 Å². The molecule has 0 spiro atoms. The van der Waals surface area contributed by atoms with Crippen LogP contribution >= 0.6 is 0 Å². The Morgan fingerprint density at radius 2 is 1.67 bits per heavy atom. The minimum absolute atomic E-state index is 0.208. The Labute approximate surface area is 105 Å². The Morgan fingerprint density at radius 3 is 2.33 bits per heavy atom. The number of rotatable bonds is 3. The molecule has 0 bridgehead atoms. The summed E-state index contributed by atoms with van der Waals surface area (Å²) in [6.45, 7) is 4.00. The summed E-state index contributed by atoms with van der Waals surface area (Å²) in [5, 5.41) is 3.11. The molecule has 0 aliphatic rings. The standard InChI is InChI=1S/C15H15F2N/c1-10-3-5-13(8-15(10)17)18-9-12-4-6-14(16)11(2)7-12/h3-8,18H,9H2,1-2H3. The molecule has 0 fully saturated rings. The SMILES string of the molecule is Cc1cc(CNc2ccc(C)c(F)c2)ccc1F. The molecule has 0 saturated carbocycles. The van der Waals surface area contributed by atoms with E-state index >= 15 is 0 Å². The second-order valence-electron chi connectivity index (χ2n) is 4.40. The predicted molar refractivity (Wildman–Crippen MR) is 69.6 cm³/mol. The lowest BCUT2D eigenvalue weighted by atomic mass is 10.1. The van der Waals surface area contributed by atoms with E-state index in [0.717, 1.165) is 11.3 Å². The number of anilines is 1. The van der Waals surface area contributed by atoms with Crippen LogP contribution in [-0.2, 0) is 6.54 Å². The largest absolute Gasteiger partial charge is 0.381 e. The van der Waals surface area contributed by atoms with Gasteiger partial charge < -0.3 is 5.32 Å². The molecule has 0 amide bonds. The molecule has 0 heterocycles. The van der Waals surface area contributed by atoms with Crippen molar-refractivity contribution in [1.29, 1.82) is 0 Å². The molecule has 0 unspecified atom stereocenters. The number of hydrogen-bond acceptors (Lipinski definition) is 1. The molecule has 18 heavy (non-hydrogen) atoms. The van der Waals surface area contributed by atoms with Crippen LogP contribution in [0.4, 0.5) is 14.5 Å². The highest BCUT2D eigenvalue weighted by Crippen LogP contribution is 2.15. The van der Waals surface area contributed by atoms with E-state index in [4.69, 9.17) is 0 Å². The van der Waals surface area contributed by atoms with E-state index in [1.54, 1.807) is 32.0 Å². The van der Waals surface area contributed by atoms with Crippen molar-refractivity contribution in [2.24, 2.45) is 0 Å². The molecule has 94 valence electrons. The second kappa shape index (κ2) is 5.17. The number of nitrogens with one attached hydrogen (secondary N) is 1. The summed E-state index contributed by atoms with van der Waals surface area (Å²) < 4.78 is 26.4. The van der Waals surface area contributed by atoms with Crippen molar-refractivity contribution in [2.75, 3.05) is 5.32 Å². The van der Waals surface area contributed by atoms with E-state index in [1.165, 1.54) is 12.1 Å². The molecule has 0 aliphatic carbocycles. The Hall–Kier alpha value is -1.90. The third kappa shape index (κ3) is 2.86. The molecule has 2 aromatic rings. The van der Waals surface area contributed by atoms with Crippen LogP contribution in [0.1, 0.15) is 16.7 Å². The Bertz CT molecular complexity index is 513. The first-order chi connectivity index (χ1) is 8.56. The van der Waals surface area contributed by atoms with E-state index < -0.39 is 0 Å². The highest BCUT2D eigenvalue weighted by molar-refractivity contribution is 5.45. The van der Waals surface area contributed by atoms with Crippen molar-refractivity contribution in [3.05, 3.63) is 64.7 Å². The van der Waals surface area contributed by atoms with Gasteiger partial charge in [-0.3, -0.25) is 0 Å². The fourth-order valence-electron chi connectivity index (χ4n) is 1.72. The Kier molecular flexibility index (Phi) is 3.60. The van der Waals surface area contributed by atoms with Gasteiger partial charge in [0, 0.05) is 12.2 Å². The minimum Gasteiger partial charge on any atom is -0.381 e. The number of aryl methyl sites for hydroxylation is 2. The van der Waals surface area contributed by atoms with Gasteiger partial charge in [0.1, 0.15) is 11.6 Å². The molecule has 2 rings (SSSR count). The topological polar surface area (TPSA) is 12.0 Å². The van der Waals surface area contributed by atoms with Gasteiger partial charge in [0.05, 0.1) is 0 Å². The molecule has 3 heteroatoms. The van der Waals surface area contributed by atoms with Crippen molar-refractivity contribution in [1.82, 2.24) is 0 Å². The molecule has 0 aromatic heterocycles. The lowest BCUT2D eigenvalue weighted by Gasteiger charge is -2.08. The van der Waals surface area contributed by atoms with Gasteiger partial charge in [-0.25, -0.2) is 8.78 Å². The quantitative estimate of drug-likeness (QED) is 0.857. The third-order valence-electron chi connectivity index (χ3n) is 2.89. The van der Waals surface area contributed by atoms with Gasteiger partial charge in [-0.1, -0.05) is 18.2 Å². The lowest BCUT2D eigenvalue weighted by Crippen LogP contribution is -2.01. The first-order valence-corrected chi connectivity index (χ1v) is 5.81. The van der Waals surface area contributed by atoms with Crippen LogP contribution < -0.4 is 5.32 Å². The molecule has 0 atom stereocenters. The van der Waals surface area contributed by atoms with Crippen molar-refractivity contribution in [3.63, 3.8) is 0 Å². The van der Waals surface area contributed by atoms with Gasteiger partial charge >= 0.3 is 0 Å². The lowest BCUT2D eigenvalue weighted by molar-refractivity contribution is 0.617. The predicted octanol–water partition coefficient (Wildman–Crippen LogP) is 4.19. The van der Waals surface area contributed by atoms with Gasteiger partial charge in [0.25, 0.3) is 0 Å². The number of halogens is 2. The molecular weight excluding hydrogens is 232 g/mol. The third-order valence-corrected chi connectivity index (χ3v) is 2.89. The van der Waals surface area contributed by atoms with E-state index in [9.17, 15) is 8.78 Å². The van der Waals surface area contributed by atoms with Crippen LogP contribution in [0.2, 0.25) is 0 Å². The summed E-state index contributed by atoms with van der Waals surface area (Å²) >= 11 is 0. The van der Waals surface area contributed by atoms with Crippen molar-refractivity contribution in [2.45, 2.75) is 20.4 Å². The van der Waals surface area contributed by atoms with Crippen LogP contribution in [-0.4, -0.2) is 0 Å². The first kappa shape index (κ1) is 12.6. The first-order valence-electron chi connectivity index (χ1n) is 5.81. The zero-order valence-corrected chi connectivity index (χ0v) is 10.4. The fraction of sp³-hybridized carbons (Fsp3) is 0.200. The highest BCUT2D eigenvalue weighted by Gasteiger charge is 2.01. The summed E-state index contributed by atoms with van der Waals surface area (Å²) in [4.78, 5) is 0. The minimum atomic E-state index is -0.227. The molecule has 0 saturated heterocycles. The second-order valence-corrected chi connectivity index (χ2v) is 4.40. The molecule has 2 aromatic carbocycles. The van der Waals surface area contributed by atoms with Gasteiger partial charge in [0.15, 0.2) is 0 Å². The maximum absolute atomic E-state index is 13.3. The smallest absolute Gasteiger partial charge is 0.128 e. The normalized spacial score (nSPS) is 10.4. The average Bonchev–Trinajstić information content (AvgIpc) is 2.35. The zero-order chi connectivity index (χ0) is 13.1. The van der Waals surface area contributed by atoms with E-state index in [-0.39, 0.29) is 11.6 Å². The van der Waals surface area contributed by atoms with E-state index in [0.29, 0.717) is 17.7 Å². The Balaban J connectivity index is 2.06. The van der Waals surface area contributed by atoms with Crippen LogP contribution in [0.3, 0.4) is 0 Å². The van der Waals surface area contributed by atoms with Gasteiger partial charge in [0.2, 0.25) is 0 Å². The van der Waals surface area contributed by atoms with E-state index in [2.05, 4.69) is 5.32 Å². The molecule has 0 radical (unpaired) electrons. The average molecular weight is 247 g/mol. The van der Waals surface area contributed by atoms with Gasteiger partial charge in [-0.2, -0.15) is 0 Å². The van der Waals surface area contributed by atoms with Crippen LogP contribution in [0, 0.1) is 25.5 Å². The fourth-order valence-corrected chi connectivity index (χ4v) is 1.72. The summed E-state index contributed by atoms with van der Waals surface area (Å²) in [5.74, 6) is -0.435. The van der Waals surface area contributed by atoms with Crippen LogP contribution in [0.5, 0.6) is 0 Å². The van der Waals surface area contributed by atoms with Crippen molar-refractivity contribution >= 4 is 5.69 Å². The van der Waals surface area contributed by atoms with Crippen LogP contribution in [0.25, 0.3) is 0 Å². The molecular formula is C15H15F2N. The Morgan fingerprint density at radius 1 is 0.889 bits per heavy atom. The summed E-state index contributed by atoms with van der Waals surface area (Å²) in [5.41, 5.74) is 2.93. The zero-order valence-electron chi connectivity index (χ0n) is 10.4. The summed E-state index contributed by atoms with van der Waals surface area (Å²) in [7, 11) is 0.